The van der Waals surface area contributed by atoms with E-state index in [2.05, 4.69) is 0 Å². The van der Waals surface area contributed by atoms with E-state index in [0.29, 0.717) is 15.8 Å². The molecule has 0 unspecified atom stereocenters. The molecule has 0 radical (unpaired) electrons. The highest BCUT2D eigenvalue weighted by Crippen LogP contribution is 2.38. The van der Waals surface area contributed by atoms with Crippen LogP contribution in [0.25, 0.3) is 0 Å². The predicted octanol–water partition coefficient (Wildman–Crippen LogP) is 5.11. The lowest BCUT2D eigenvalue weighted by molar-refractivity contribution is 0.00578. The van der Waals surface area contributed by atoms with E-state index in [0.717, 1.165) is 5.46 Å². The van der Waals surface area contributed by atoms with E-state index in [4.69, 9.17) is 37.2 Å². The van der Waals surface area contributed by atoms with Crippen molar-refractivity contribution in [1.82, 2.24) is 0 Å². The van der Waals surface area contributed by atoms with Crippen molar-refractivity contribution < 1.29 is 14.0 Å². The Kier molecular flexibility index (Phi) is 6.86. The zero-order valence-corrected chi connectivity index (χ0v) is 16.8. The quantitative estimate of drug-likeness (QED) is 0.701. The Morgan fingerprint density at radius 3 is 1.70 bits per heavy atom. The fraction of sp³-hybridized carbons (Fsp3) is 0.647. The van der Waals surface area contributed by atoms with Gasteiger partial charge in [0.2, 0.25) is 0 Å². The van der Waals surface area contributed by atoms with Crippen molar-refractivity contribution in [2.45, 2.75) is 72.7 Å². The van der Waals surface area contributed by atoms with Crippen LogP contribution >= 0.6 is 23.2 Å². The Balaban J connectivity index is 0.00000127. The lowest BCUT2D eigenvalue weighted by Crippen LogP contribution is -2.41. The van der Waals surface area contributed by atoms with Gasteiger partial charge in [0.25, 0.3) is 0 Å². The molecular formula is C17H27BCl2O3. The minimum Gasteiger partial charge on any atom is -0.488 e. The van der Waals surface area contributed by atoms with Crippen molar-refractivity contribution in [3.8, 4) is 5.75 Å². The first-order valence-electron chi connectivity index (χ1n) is 8.05. The molecule has 0 bridgehead atoms. The van der Waals surface area contributed by atoms with E-state index in [1.54, 1.807) is 12.1 Å². The standard InChI is InChI=1S/C15H21BCl2O3.C2H6/c1-9(2)19-13-11(17)7-10(8-12(13)18)16-20-14(3,4)15(5,6)21-16;1-2/h7-9H,1-6H3;1-2H3. The molecule has 1 saturated heterocycles. The van der Waals surface area contributed by atoms with Gasteiger partial charge in [0, 0.05) is 0 Å². The molecule has 0 saturated carbocycles. The van der Waals surface area contributed by atoms with Gasteiger partial charge >= 0.3 is 7.12 Å². The average Bonchev–Trinajstić information content (AvgIpc) is 2.65. The molecule has 23 heavy (non-hydrogen) atoms. The molecule has 3 nitrogen and oxygen atoms in total. The van der Waals surface area contributed by atoms with Crippen LogP contribution in [0.2, 0.25) is 10.0 Å². The summed E-state index contributed by atoms with van der Waals surface area (Å²) in [4.78, 5) is 0. The summed E-state index contributed by atoms with van der Waals surface area (Å²) in [6.07, 6.45) is 0.00250. The van der Waals surface area contributed by atoms with Gasteiger partial charge in [-0.3, -0.25) is 0 Å². The van der Waals surface area contributed by atoms with E-state index < -0.39 is 18.3 Å². The van der Waals surface area contributed by atoms with Crippen LogP contribution in [0.4, 0.5) is 0 Å². The summed E-state index contributed by atoms with van der Waals surface area (Å²) >= 11 is 12.6. The van der Waals surface area contributed by atoms with Gasteiger partial charge < -0.3 is 14.0 Å². The van der Waals surface area contributed by atoms with E-state index in [1.165, 1.54) is 0 Å². The number of rotatable bonds is 3. The van der Waals surface area contributed by atoms with Crippen LogP contribution in [-0.2, 0) is 9.31 Å². The predicted molar refractivity (Wildman–Crippen MR) is 99.3 cm³/mol. The molecule has 2 rings (SSSR count). The highest BCUT2D eigenvalue weighted by Gasteiger charge is 2.51. The molecule has 1 aromatic carbocycles. The van der Waals surface area contributed by atoms with Crippen LogP contribution in [0.5, 0.6) is 5.75 Å². The zero-order valence-electron chi connectivity index (χ0n) is 15.3. The van der Waals surface area contributed by atoms with Gasteiger partial charge in [0.15, 0.2) is 5.75 Å². The lowest BCUT2D eigenvalue weighted by Gasteiger charge is -2.32. The van der Waals surface area contributed by atoms with Gasteiger partial charge in [-0.05, 0) is 59.1 Å². The number of halogens is 2. The van der Waals surface area contributed by atoms with Crippen LogP contribution in [-0.4, -0.2) is 24.4 Å². The summed E-state index contributed by atoms with van der Waals surface area (Å²) in [6.45, 7) is 15.9. The lowest BCUT2D eigenvalue weighted by atomic mass is 9.79. The monoisotopic (exact) mass is 360 g/mol. The van der Waals surface area contributed by atoms with Crippen molar-refractivity contribution in [2.24, 2.45) is 0 Å². The van der Waals surface area contributed by atoms with Gasteiger partial charge in [0.1, 0.15) is 0 Å². The third kappa shape index (κ3) is 4.57. The van der Waals surface area contributed by atoms with Crippen LogP contribution in [0.1, 0.15) is 55.4 Å². The topological polar surface area (TPSA) is 27.7 Å². The van der Waals surface area contributed by atoms with Gasteiger partial charge in [-0.25, -0.2) is 0 Å². The summed E-state index contributed by atoms with van der Waals surface area (Å²) in [5, 5.41) is 0.918. The normalized spacial score (nSPS) is 18.7. The van der Waals surface area contributed by atoms with Crippen LogP contribution < -0.4 is 10.2 Å². The third-order valence-corrected chi connectivity index (χ3v) is 4.46. The van der Waals surface area contributed by atoms with Crippen molar-refractivity contribution in [3.05, 3.63) is 22.2 Å². The van der Waals surface area contributed by atoms with Gasteiger partial charge in [0.05, 0.1) is 27.4 Å². The first-order chi connectivity index (χ1) is 10.5. The SMILES string of the molecule is CC.CC(C)Oc1c(Cl)cc(B2OC(C)(C)C(C)(C)O2)cc1Cl. The first-order valence-corrected chi connectivity index (χ1v) is 8.80. The van der Waals surface area contributed by atoms with Gasteiger partial charge in [-0.2, -0.15) is 0 Å². The molecule has 0 amide bonds. The molecule has 130 valence electrons. The molecule has 0 N–H and O–H groups in total. The minimum absolute atomic E-state index is 0.00250. The molecular weight excluding hydrogens is 334 g/mol. The molecule has 0 aromatic heterocycles. The van der Waals surface area contributed by atoms with Crippen molar-refractivity contribution in [2.75, 3.05) is 0 Å². The molecule has 1 aromatic rings. The number of ether oxygens (including phenoxy) is 1. The number of benzene rings is 1. The maximum atomic E-state index is 6.28. The van der Waals surface area contributed by atoms with E-state index in [1.807, 2.05) is 55.4 Å². The largest absolute Gasteiger partial charge is 0.494 e. The van der Waals surface area contributed by atoms with Crippen LogP contribution in [0.3, 0.4) is 0 Å². The number of hydrogen-bond donors (Lipinski definition) is 0. The zero-order chi connectivity index (χ0) is 18.0. The smallest absolute Gasteiger partial charge is 0.488 e. The maximum Gasteiger partial charge on any atom is 0.494 e. The molecule has 1 fully saturated rings. The van der Waals surface area contributed by atoms with Gasteiger partial charge in [-0.1, -0.05) is 37.0 Å². The minimum atomic E-state index is -0.488. The summed E-state index contributed by atoms with van der Waals surface area (Å²) in [6, 6.07) is 3.57. The number of hydrogen-bond acceptors (Lipinski definition) is 3. The Morgan fingerprint density at radius 2 is 1.35 bits per heavy atom. The molecule has 6 heteroatoms. The Bertz CT molecular complexity index is 506. The Morgan fingerprint density at radius 1 is 0.957 bits per heavy atom. The summed E-state index contributed by atoms with van der Waals surface area (Å²) in [5.41, 5.74) is -0.00673. The molecule has 0 aliphatic carbocycles. The summed E-state index contributed by atoms with van der Waals surface area (Å²) in [5.74, 6) is 0.494. The third-order valence-electron chi connectivity index (χ3n) is 3.90. The van der Waals surface area contributed by atoms with Crippen LogP contribution in [0.15, 0.2) is 12.1 Å². The highest BCUT2D eigenvalue weighted by molar-refractivity contribution is 6.63. The second-order valence-corrected chi connectivity index (χ2v) is 7.38. The van der Waals surface area contributed by atoms with Gasteiger partial charge in [-0.15, -0.1) is 0 Å². The van der Waals surface area contributed by atoms with E-state index in [9.17, 15) is 0 Å². The molecule has 1 aliphatic heterocycles. The summed E-state index contributed by atoms with van der Waals surface area (Å²) in [7, 11) is -0.488. The fourth-order valence-electron chi connectivity index (χ4n) is 2.04. The van der Waals surface area contributed by atoms with E-state index >= 15 is 0 Å². The first kappa shape index (κ1) is 20.6. The fourth-order valence-corrected chi connectivity index (χ4v) is 2.64. The molecule has 1 aliphatic rings. The van der Waals surface area contributed by atoms with Crippen LogP contribution in [0, 0.1) is 0 Å². The highest BCUT2D eigenvalue weighted by atomic mass is 35.5. The molecule has 0 atom stereocenters. The molecule has 1 heterocycles. The molecule has 0 spiro atoms. The second kappa shape index (κ2) is 7.65. The summed E-state index contributed by atoms with van der Waals surface area (Å²) < 4.78 is 17.6. The van der Waals surface area contributed by atoms with Crippen molar-refractivity contribution >= 4 is 35.8 Å². The second-order valence-electron chi connectivity index (χ2n) is 6.57. The Hall–Kier alpha value is -0.415. The maximum absolute atomic E-state index is 6.28. The van der Waals surface area contributed by atoms with Crippen molar-refractivity contribution in [3.63, 3.8) is 0 Å². The van der Waals surface area contributed by atoms with Crippen molar-refractivity contribution in [1.29, 1.82) is 0 Å². The Labute approximate surface area is 150 Å². The average molecular weight is 361 g/mol. The van der Waals surface area contributed by atoms with E-state index in [-0.39, 0.29) is 6.10 Å².